The van der Waals surface area contributed by atoms with E-state index in [1.54, 1.807) is 0 Å². The zero-order valence-electron chi connectivity index (χ0n) is 11.6. The summed E-state index contributed by atoms with van der Waals surface area (Å²) >= 11 is 0. The van der Waals surface area contributed by atoms with E-state index in [0.717, 1.165) is 13.0 Å². The third-order valence-electron chi connectivity index (χ3n) is 3.89. The molecule has 2 aliphatic rings. The summed E-state index contributed by atoms with van der Waals surface area (Å²) in [6, 6.07) is 0. The molecule has 1 aliphatic carbocycles. The molecule has 2 atom stereocenters. The fraction of sp³-hybridized carbons (Fsp3) is 0.857. The average Bonchev–Trinajstić information content (AvgIpc) is 3.11. The molecule has 2 rings (SSSR count). The Labute approximate surface area is 114 Å². The number of amides is 2. The summed E-state index contributed by atoms with van der Waals surface area (Å²) < 4.78 is 0. The Morgan fingerprint density at radius 1 is 1.53 bits per heavy atom. The first-order chi connectivity index (χ1) is 9.10. The predicted molar refractivity (Wildman–Crippen MR) is 71.3 cm³/mol. The minimum Gasteiger partial charge on any atom is -0.391 e. The van der Waals surface area contributed by atoms with Crippen LogP contribution < -0.4 is 5.32 Å². The molecule has 0 aromatic carbocycles. The van der Waals surface area contributed by atoms with Crippen molar-refractivity contribution in [3.63, 3.8) is 0 Å². The molecule has 19 heavy (non-hydrogen) atoms. The van der Waals surface area contributed by atoms with Gasteiger partial charge in [-0.1, -0.05) is 13.3 Å². The maximum absolute atomic E-state index is 11.9. The van der Waals surface area contributed by atoms with Crippen LogP contribution in [-0.4, -0.2) is 47.6 Å². The zero-order valence-corrected chi connectivity index (χ0v) is 11.6. The van der Waals surface area contributed by atoms with Crippen LogP contribution in [0.2, 0.25) is 0 Å². The van der Waals surface area contributed by atoms with Crippen LogP contribution in [0, 0.1) is 11.8 Å². The fourth-order valence-electron chi connectivity index (χ4n) is 2.53. The minimum absolute atomic E-state index is 0.0956. The van der Waals surface area contributed by atoms with E-state index in [2.05, 4.69) is 5.32 Å². The van der Waals surface area contributed by atoms with Crippen LogP contribution in [0.5, 0.6) is 0 Å². The molecule has 0 aromatic rings. The highest BCUT2D eigenvalue weighted by Crippen LogP contribution is 2.31. The minimum atomic E-state index is -0.478. The van der Waals surface area contributed by atoms with Crippen LogP contribution in [0.25, 0.3) is 0 Å². The first kappa shape index (κ1) is 14.3. The lowest BCUT2D eigenvalue weighted by atomic mass is 10.1. The van der Waals surface area contributed by atoms with Crippen molar-refractivity contribution in [3.05, 3.63) is 0 Å². The highest BCUT2D eigenvalue weighted by Gasteiger charge is 2.37. The smallest absolute Gasteiger partial charge is 0.225 e. The standard InChI is InChI=1S/C14H24N2O3/c1-2-3-12(17)7-15-14(19)11-6-13(18)16(9-11)8-10-4-5-10/h10-12,17H,2-9H2,1H3,(H,15,19). The summed E-state index contributed by atoms with van der Waals surface area (Å²) in [6.07, 6.45) is 3.86. The van der Waals surface area contributed by atoms with Crippen LogP contribution in [0.15, 0.2) is 0 Å². The molecule has 5 nitrogen and oxygen atoms in total. The van der Waals surface area contributed by atoms with Gasteiger partial charge in [0.2, 0.25) is 11.8 Å². The maximum atomic E-state index is 11.9. The van der Waals surface area contributed by atoms with E-state index in [-0.39, 0.29) is 17.7 Å². The van der Waals surface area contributed by atoms with Crippen molar-refractivity contribution in [3.8, 4) is 0 Å². The molecule has 1 saturated carbocycles. The van der Waals surface area contributed by atoms with E-state index in [4.69, 9.17) is 0 Å². The molecule has 2 unspecified atom stereocenters. The van der Waals surface area contributed by atoms with Crippen molar-refractivity contribution in [1.82, 2.24) is 10.2 Å². The van der Waals surface area contributed by atoms with Gasteiger partial charge in [0.15, 0.2) is 0 Å². The second-order valence-corrected chi connectivity index (χ2v) is 5.83. The van der Waals surface area contributed by atoms with Crippen LogP contribution in [0.1, 0.15) is 39.0 Å². The van der Waals surface area contributed by atoms with Crippen molar-refractivity contribution in [2.24, 2.45) is 11.8 Å². The van der Waals surface area contributed by atoms with Gasteiger partial charge >= 0.3 is 0 Å². The molecule has 0 aromatic heterocycles. The number of carbonyl (C=O) groups excluding carboxylic acids is 2. The number of aliphatic hydroxyl groups excluding tert-OH is 1. The molecule has 108 valence electrons. The number of aliphatic hydroxyl groups is 1. The van der Waals surface area contributed by atoms with E-state index in [0.29, 0.717) is 31.8 Å². The van der Waals surface area contributed by atoms with Gasteiger partial charge in [0.05, 0.1) is 12.0 Å². The topological polar surface area (TPSA) is 69.6 Å². The number of hydrogen-bond acceptors (Lipinski definition) is 3. The van der Waals surface area contributed by atoms with E-state index in [1.807, 2.05) is 11.8 Å². The largest absolute Gasteiger partial charge is 0.391 e. The normalized spacial score (nSPS) is 24.6. The Morgan fingerprint density at radius 3 is 2.89 bits per heavy atom. The Balaban J connectivity index is 1.72. The molecular weight excluding hydrogens is 244 g/mol. The highest BCUT2D eigenvalue weighted by atomic mass is 16.3. The molecule has 1 aliphatic heterocycles. The maximum Gasteiger partial charge on any atom is 0.225 e. The first-order valence-electron chi connectivity index (χ1n) is 7.33. The third-order valence-corrected chi connectivity index (χ3v) is 3.89. The van der Waals surface area contributed by atoms with E-state index >= 15 is 0 Å². The quantitative estimate of drug-likeness (QED) is 0.707. The number of rotatable bonds is 7. The van der Waals surface area contributed by atoms with Gasteiger partial charge in [0, 0.05) is 26.1 Å². The van der Waals surface area contributed by atoms with Crippen molar-refractivity contribution < 1.29 is 14.7 Å². The third kappa shape index (κ3) is 4.20. The second-order valence-electron chi connectivity index (χ2n) is 5.83. The predicted octanol–water partition coefficient (Wildman–Crippen LogP) is 0.522. The summed E-state index contributed by atoms with van der Waals surface area (Å²) in [5.41, 5.74) is 0. The number of carbonyl (C=O) groups is 2. The van der Waals surface area contributed by atoms with Gasteiger partial charge in [-0.25, -0.2) is 0 Å². The van der Waals surface area contributed by atoms with Gasteiger partial charge in [0.1, 0.15) is 0 Å². The van der Waals surface area contributed by atoms with Gasteiger partial charge in [-0.2, -0.15) is 0 Å². The summed E-state index contributed by atoms with van der Waals surface area (Å²) in [7, 11) is 0. The Morgan fingerprint density at radius 2 is 2.26 bits per heavy atom. The SMILES string of the molecule is CCCC(O)CNC(=O)C1CC(=O)N(CC2CC2)C1. The van der Waals surface area contributed by atoms with Crippen LogP contribution in [-0.2, 0) is 9.59 Å². The van der Waals surface area contributed by atoms with Crippen molar-refractivity contribution in [2.45, 2.75) is 45.1 Å². The van der Waals surface area contributed by atoms with Gasteiger partial charge in [0.25, 0.3) is 0 Å². The molecule has 1 saturated heterocycles. The summed E-state index contributed by atoms with van der Waals surface area (Å²) in [5, 5.41) is 12.3. The number of hydrogen-bond donors (Lipinski definition) is 2. The lowest BCUT2D eigenvalue weighted by Gasteiger charge is -2.16. The summed E-state index contributed by atoms with van der Waals surface area (Å²) in [5.74, 6) is 0.431. The lowest BCUT2D eigenvalue weighted by Crippen LogP contribution is -2.37. The van der Waals surface area contributed by atoms with E-state index in [1.165, 1.54) is 12.8 Å². The molecule has 2 amide bonds. The molecular formula is C14H24N2O3. The molecule has 0 radical (unpaired) electrons. The molecule has 0 bridgehead atoms. The summed E-state index contributed by atoms with van der Waals surface area (Å²) in [4.78, 5) is 25.6. The molecule has 0 spiro atoms. The molecule has 5 heteroatoms. The van der Waals surface area contributed by atoms with Crippen LogP contribution in [0.4, 0.5) is 0 Å². The highest BCUT2D eigenvalue weighted by molar-refractivity contribution is 5.89. The van der Waals surface area contributed by atoms with Gasteiger partial charge in [-0.05, 0) is 25.2 Å². The lowest BCUT2D eigenvalue weighted by molar-refractivity contribution is -0.129. The number of likely N-dealkylation sites (tertiary alicyclic amines) is 1. The molecule has 1 heterocycles. The molecule has 2 N–H and O–H groups in total. The summed E-state index contributed by atoms with van der Waals surface area (Å²) in [6.45, 7) is 3.66. The van der Waals surface area contributed by atoms with Crippen LogP contribution in [0.3, 0.4) is 0 Å². The average molecular weight is 268 g/mol. The Bertz CT molecular complexity index is 342. The zero-order chi connectivity index (χ0) is 13.8. The van der Waals surface area contributed by atoms with Gasteiger partial charge in [-0.15, -0.1) is 0 Å². The number of nitrogens with one attached hydrogen (secondary N) is 1. The van der Waals surface area contributed by atoms with Crippen molar-refractivity contribution >= 4 is 11.8 Å². The number of nitrogens with zero attached hydrogens (tertiary/aromatic N) is 1. The Kier molecular flexibility index (Phi) is 4.80. The first-order valence-corrected chi connectivity index (χ1v) is 7.33. The Hall–Kier alpha value is -1.10. The molecule has 2 fully saturated rings. The van der Waals surface area contributed by atoms with Gasteiger partial charge < -0.3 is 15.3 Å². The monoisotopic (exact) mass is 268 g/mol. The van der Waals surface area contributed by atoms with E-state index < -0.39 is 6.10 Å². The van der Waals surface area contributed by atoms with Crippen molar-refractivity contribution in [2.75, 3.05) is 19.6 Å². The van der Waals surface area contributed by atoms with Crippen LogP contribution >= 0.6 is 0 Å². The fourth-order valence-corrected chi connectivity index (χ4v) is 2.53. The van der Waals surface area contributed by atoms with E-state index in [9.17, 15) is 14.7 Å². The second kappa shape index (κ2) is 6.37. The van der Waals surface area contributed by atoms with Gasteiger partial charge in [-0.3, -0.25) is 9.59 Å². The van der Waals surface area contributed by atoms with Crippen molar-refractivity contribution in [1.29, 1.82) is 0 Å².